The molecule has 0 saturated heterocycles. The first-order valence-electron chi connectivity index (χ1n) is 7.26. The molecule has 0 bridgehead atoms. The van der Waals surface area contributed by atoms with Crippen molar-refractivity contribution in [2.45, 2.75) is 38.9 Å². The minimum absolute atomic E-state index is 0.760. The largest absolute Gasteiger partial charge is 0.380 e. The number of hydrogen-bond acceptors (Lipinski definition) is 2. The minimum Gasteiger partial charge on any atom is -0.380 e. The van der Waals surface area contributed by atoms with Gasteiger partial charge in [0, 0.05) is 42.8 Å². The molecule has 0 unspecified atom stereocenters. The third-order valence-electron chi connectivity index (χ3n) is 3.74. The lowest BCUT2D eigenvalue weighted by Crippen LogP contribution is -2.15. The van der Waals surface area contributed by atoms with Gasteiger partial charge in [0.05, 0.1) is 6.61 Å². The van der Waals surface area contributed by atoms with Gasteiger partial charge >= 0.3 is 0 Å². The zero-order valence-electron chi connectivity index (χ0n) is 11.6. The fraction of sp³-hybridized carbons (Fsp3) is 0.500. The maximum Gasteiger partial charge on any atom is 0.0645 e. The van der Waals surface area contributed by atoms with Crippen molar-refractivity contribution in [3.63, 3.8) is 0 Å². The van der Waals surface area contributed by atoms with E-state index >= 15 is 0 Å². The van der Waals surface area contributed by atoms with E-state index in [4.69, 9.17) is 4.74 Å². The monoisotopic (exact) mass is 258 g/mol. The van der Waals surface area contributed by atoms with E-state index in [1.807, 2.05) is 6.92 Å². The molecule has 0 atom stereocenters. The molecule has 1 aliphatic rings. The normalized spacial score (nSPS) is 15.2. The number of fused-ring (bicyclic) bond motifs is 1. The molecule has 0 aliphatic heterocycles. The van der Waals surface area contributed by atoms with Gasteiger partial charge in [-0.25, -0.2) is 0 Å². The van der Waals surface area contributed by atoms with Crippen LogP contribution in [0.2, 0.25) is 0 Å². The van der Waals surface area contributed by atoms with Gasteiger partial charge in [-0.1, -0.05) is 12.1 Å². The molecule has 102 valence electrons. The Morgan fingerprint density at radius 2 is 2.21 bits per heavy atom. The number of ether oxygens (including phenoxy) is 1. The van der Waals surface area contributed by atoms with Crippen LogP contribution in [-0.4, -0.2) is 23.8 Å². The minimum atomic E-state index is 0.760. The van der Waals surface area contributed by atoms with Gasteiger partial charge in [0.15, 0.2) is 0 Å². The average molecular weight is 258 g/mol. The Morgan fingerprint density at radius 3 is 3.00 bits per heavy atom. The molecule has 1 aliphatic carbocycles. The Hall–Kier alpha value is -1.32. The standard InChI is InChI=1S/C16H22N2O/c1-2-19-11-10-18-9-8-15-13(4-3-5-16(15)18)12-17-14-6-7-14/h3-5,8-9,14,17H,2,6-7,10-12H2,1H3. The van der Waals surface area contributed by atoms with Crippen LogP contribution >= 0.6 is 0 Å². The second-order valence-corrected chi connectivity index (χ2v) is 5.21. The van der Waals surface area contributed by atoms with Crippen LogP contribution in [0.4, 0.5) is 0 Å². The molecule has 1 saturated carbocycles. The summed E-state index contributed by atoms with van der Waals surface area (Å²) in [6, 6.07) is 9.57. The van der Waals surface area contributed by atoms with Crippen LogP contribution in [0.3, 0.4) is 0 Å². The summed E-state index contributed by atoms with van der Waals surface area (Å²) in [6.45, 7) is 5.52. The lowest BCUT2D eigenvalue weighted by Gasteiger charge is -2.08. The summed E-state index contributed by atoms with van der Waals surface area (Å²) in [4.78, 5) is 0. The third-order valence-corrected chi connectivity index (χ3v) is 3.74. The maximum atomic E-state index is 5.44. The van der Waals surface area contributed by atoms with Crippen LogP contribution < -0.4 is 5.32 Å². The molecule has 1 aromatic carbocycles. The van der Waals surface area contributed by atoms with Gasteiger partial charge < -0.3 is 14.6 Å². The van der Waals surface area contributed by atoms with Crippen molar-refractivity contribution >= 4 is 10.9 Å². The van der Waals surface area contributed by atoms with E-state index in [9.17, 15) is 0 Å². The predicted molar refractivity (Wildman–Crippen MR) is 78.3 cm³/mol. The van der Waals surface area contributed by atoms with Crippen molar-refractivity contribution in [2.75, 3.05) is 13.2 Å². The molecule has 0 radical (unpaired) electrons. The third kappa shape index (κ3) is 2.99. The number of hydrogen-bond donors (Lipinski definition) is 1. The van der Waals surface area contributed by atoms with Crippen LogP contribution in [0.5, 0.6) is 0 Å². The van der Waals surface area contributed by atoms with E-state index in [0.717, 1.165) is 32.3 Å². The van der Waals surface area contributed by atoms with Gasteiger partial charge in [0.1, 0.15) is 0 Å². The van der Waals surface area contributed by atoms with E-state index < -0.39 is 0 Å². The van der Waals surface area contributed by atoms with Gasteiger partial charge in [0.2, 0.25) is 0 Å². The molecule has 1 aromatic heterocycles. The number of nitrogens with one attached hydrogen (secondary N) is 1. The summed E-state index contributed by atoms with van der Waals surface area (Å²) in [7, 11) is 0. The molecule has 3 rings (SSSR count). The van der Waals surface area contributed by atoms with Crippen LogP contribution in [0.25, 0.3) is 10.9 Å². The van der Waals surface area contributed by atoms with E-state index in [0.29, 0.717) is 0 Å². The van der Waals surface area contributed by atoms with E-state index in [1.165, 1.54) is 29.3 Å². The first kappa shape index (κ1) is 12.7. The van der Waals surface area contributed by atoms with Gasteiger partial charge in [-0.2, -0.15) is 0 Å². The van der Waals surface area contributed by atoms with Crippen molar-refractivity contribution in [3.8, 4) is 0 Å². The zero-order valence-corrected chi connectivity index (χ0v) is 11.6. The zero-order chi connectivity index (χ0) is 13.1. The van der Waals surface area contributed by atoms with Crippen molar-refractivity contribution in [3.05, 3.63) is 36.0 Å². The average Bonchev–Trinajstić information content (AvgIpc) is 3.17. The van der Waals surface area contributed by atoms with Crippen LogP contribution in [0.15, 0.2) is 30.5 Å². The highest BCUT2D eigenvalue weighted by molar-refractivity contribution is 5.83. The summed E-state index contributed by atoms with van der Waals surface area (Å²) in [5, 5.41) is 4.96. The Bertz CT molecular complexity index is 543. The van der Waals surface area contributed by atoms with Crippen molar-refractivity contribution in [1.29, 1.82) is 0 Å². The van der Waals surface area contributed by atoms with E-state index in [1.54, 1.807) is 0 Å². The van der Waals surface area contributed by atoms with Crippen molar-refractivity contribution in [1.82, 2.24) is 9.88 Å². The first-order valence-corrected chi connectivity index (χ1v) is 7.26. The quantitative estimate of drug-likeness (QED) is 0.773. The molecule has 1 heterocycles. The van der Waals surface area contributed by atoms with Gasteiger partial charge in [0.25, 0.3) is 0 Å². The molecule has 0 amide bonds. The topological polar surface area (TPSA) is 26.2 Å². The molecule has 1 N–H and O–H groups in total. The Labute approximate surface area is 114 Å². The lowest BCUT2D eigenvalue weighted by molar-refractivity contribution is 0.140. The van der Waals surface area contributed by atoms with Crippen molar-refractivity contribution < 1.29 is 4.74 Å². The fourth-order valence-electron chi connectivity index (χ4n) is 2.49. The van der Waals surface area contributed by atoms with Crippen LogP contribution in [-0.2, 0) is 17.8 Å². The predicted octanol–water partition coefficient (Wildman–Crippen LogP) is 2.93. The number of benzene rings is 1. The number of aromatic nitrogens is 1. The molecule has 3 nitrogen and oxygen atoms in total. The summed E-state index contributed by atoms with van der Waals surface area (Å²) in [5.74, 6) is 0. The van der Waals surface area contributed by atoms with E-state index in [2.05, 4.69) is 40.3 Å². The molecule has 19 heavy (non-hydrogen) atoms. The maximum absolute atomic E-state index is 5.44. The summed E-state index contributed by atoms with van der Waals surface area (Å²) in [6.07, 6.45) is 4.85. The SMILES string of the molecule is CCOCCn1ccc2c(CNC3CC3)cccc21. The molecule has 1 fully saturated rings. The van der Waals surface area contributed by atoms with Gasteiger partial charge in [-0.15, -0.1) is 0 Å². The molecular formula is C16H22N2O. The Balaban J connectivity index is 1.76. The molecule has 0 spiro atoms. The fourth-order valence-corrected chi connectivity index (χ4v) is 2.49. The molecule has 3 heteroatoms. The summed E-state index contributed by atoms with van der Waals surface area (Å²) >= 11 is 0. The van der Waals surface area contributed by atoms with Crippen LogP contribution in [0.1, 0.15) is 25.3 Å². The highest BCUT2D eigenvalue weighted by Crippen LogP contribution is 2.23. The van der Waals surface area contributed by atoms with Gasteiger partial charge in [-0.05, 0) is 37.5 Å². The van der Waals surface area contributed by atoms with E-state index in [-0.39, 0.29) is 0 Å². The van der Waals surface area contributed by atoms with Crippen LogP contribution in [0, 0.1) is 0 Å². The highest BCUT2D eigenvalue weighted by Gasteiger charge is 2.20. The Kier molecular flexibility index (Phi) is 3.85. The molecular weight excluding hydrogens is 236 g/mol. The summed E-state index contributed by atoms with van der Waals surface area (Å²) < 4.78 is 7.72. The second kappa shape index (κ2) is 5.76. The second-order valence-electron chi connectivity index (χ2n) is 5.21. The Morgan fingerprint density at radius 1 is 1.32 bits per heavy atom. The lowest BCUT2D eigenvalue weighted by atomic mass is 10.1. The highest BCUT2D eigenvalue weighted by atomic mass is 16.5. The first-order chi connectivity index (χ1) is 9.38. The smallest absolute Gasteiger partial charge is 0.0645 e. The van der Waals surface area contributed by atoms with Gasteiger partial charge in [-0.3, -0.25) is 0 Å². The van der Waals surface area contributed by atoms with Crippen molar-refractivity contribution in [2.24, 2.45) is 0 Å². The summed E-state index contributed by atoms with van der Waals surface area (Å²) in [5.41, 5.74) is 2.72. The number of rotatable bonds is 7. The molecule has 2 aromatic rings. The number of nitrogens with zero attached hydrogens (tertiary/aromatic N) is 1.